The molecule has 2 aromatic heterocycles. The molecular weight excluding hydrogens is 442 g/mol. The number of aliphatic hydroxyl groups is 1. The number of ether oxygens (including phenoxy) is 1. The summed E-state index contributed by atoms with van der Waals surface area (Å²) in [4.78, 5) is 6.56. The van der Waals surface area contributed by atoms with Gasteiger partial charge in [0, 0.05) is 48.7 Å². The summed E-state index contributed by atoms with van der Waals surface area (Å²) < 4.78 is 13.0. The third kappa shape index (κ3) is 5.84. The minimum absolute atomic E-state index is 0.349. The molecule has 0 radical (unpaired) electrons. The van der Waals surface area contributed by atoms with Crippen LogP contribution in [-0.4, -0.2) is 56.1 Å². The Morgan fingerprint density at radius 2 is 1.63 bits per heavy atom. The zero-order valence-electron chi connectivity index (χ0n) is 19.6. The molecule has 8 nitrogen and oxygen atoms in total. The zero-order valence-corrected chi connectivity index (χ0v) is 19.6. The molecule has 2 aromatic carbocycles. The number of aliphatic hydroxyl groups excluding tert-OH is 1. The molecular formula is C27H27N5O3. The fourth-order valence-corrected chi connectivity index (χ4v) is 3.95. The van der Waals surface area contributed by atoms with Crippen molar-refractivity contribution in [3.05, 3.63) is 89.3 Å². The van der Waals surface area contributed by atoms with Gasteiger partial charge in [-0.1, -0.05) is 24.0 Å². The van der Waals surface area contributed by atoms with E-state index in [-0.39, 0.29) is 0 Å². The van der Waals surface area contributed by atoms with Crippen molar-refractivity contribution in [2.24, 2.45) is 0 Å². The lowest BCUT2D eigenvalue weighted by atomic mass is 10.1. The molecule has 0 unspecified atom stereocenters. The fourth-order valence-electron chi connectivity index (χ4n) is 3.95. The number of imidazole rings is 1. The first-order chi connectivity index (χ1) is 17.1. The van der Waals surface area contributed by atoms with E-state index in [2.05, 4.69) is 56.2 Å². The summed E-state index contributed by atoms with van der Waals surface area (Å²) in [5, 5.41) is 18.1. The monoisotopic (exact) mass is 469 g/mol. The summed E-state index contributed by atoms with van der Waals surface area (Å²) in [5.74, 6) is 7.88. The van der Waals surface area contributed by atoms with Crippen molar-refractivity contribution in [1.82, 2.24) is 24.6 Å². The van der Waals surface area contributed by atoms with Gasteiger partial charge in [-0.3, -0.25) is 4.90 Å². The standard InChI is InChI=1S/C27H27N5O3/c1-20(33)26-28-12-13-32(26)19-25-29-30-27(35-25)24-10-8-22(9-11-24)3-2-21-4-6-23(7-5-21)18-31-14-16-34-17-15-31/h4-13,20,33H,14-19H2,1H3/t20-/m0/s1. The van der Waals surface area contributed by atoms with E-state index in [0.29, 0.717) is 24.2 Å². The number of benzene rings is 2. The molecule has 1 N–H and O–H groups in total. The molecule has 0 amide bonds. The predicted molar refractivity (Wildman–Crippen MR) is 130 cm³/mol. The van der Waals surface area contributed by atoms with Gasteiger partial charge in [-0.2, -0.15) is 0 Å². The molecule has 0 spiro atoms. The van der Waals surface area contributed by atoms with E-state index in [1.165, 1.54) is 5.56 Å². The Bertz CT molecular complexity index is 1310. The van der Waals surface area contributed by atoms with Crippen molar-refractivity contribution in [1.29, 1.82) is 0 Å². The largest absolute Gasteiger partial charge is 0.419 e. The first-order valence-electron chi connectivity index (χ1n) is 11.7. The van der Waals surface area contributed by atoms with E-state index in [0.717, 1.165) is 49.5 Å². The minimum atomic E-state index is -0.672. The van der Waals surface area contributed by atoms with Crippen molar-refractivity contribution < 1.29 is 14.3 Å². The van der Waals surface area contributed by atoms with Crippen LogP contribution in [0.15, 0.2) is 65.3 Å². The van der Waals surface area contributed by atoms with Crippen LogP contribution >= 0.6 is 0 Å². The fraction of sp³-hybridized carbons (Fsp3) is 0.296. The van der Waals surface area contributed by atoms with E-state index >= 15 is 0 Å². The molecule has 1 fully saturated rings. The van der Waals surface area contributed by atoms with Gasteiger partial charge in [-0.25, -0.2) is 4.98 Å². The Labute approximate surface area is 204 Å². The highest BCUT2D eigenvalue weighted by molar-refractivity contribution is 5.55. The van der Waals surface area contributed by atoms with Crippen molar-refractivity contribution in [2.45, 2.75) is 26.1 Å². The van der Waals surface area contributed by atoms with Crippen LogP contribution in [0.5, 0.6) is 0 Å². The molecule has 0 aliphatic carbocycles. The van der Waals surface area contributed by atoms with Crippen LogP contribution in [0.3, 0.4) is 0 Å². The van der Waals surface area contributed by atoms with Crippen LogP contribution in [0.1, 0.15) is 41.4 Å². The van der Waals surface area contributed by atoms with Crippen molar-refractivity contribution in [2.75, 3.05) is 26.3 Å². The molecule has 1 saturated heterocycles. The first-order valence-corrected chi connectivity index (χ1v) is 11.7. The number of aromatic nitrogens is 4. The average Bonchev–Trinajstić information content (AvgIpc) is 3.55. The summed E-state index contributed by atoms with van der Waals surface area (Å²) in [6.45, 7) is 6.55. The summed E-state index contributed by atoms with van der Waals surface area (Å²) in [6, 6.07) is 16.2. The Hall–Kier alpha value is -3.77. The van der Waals surface area contributed by atoms with Gasteiger partial charge < -0.3 is 18.8 Å². The van der Waals surface area contributed by atoms with Crippen molar-refractivity contribution in [3.63, 3.8) is 0 Å². The van der Waals surface area contributed by atoms with Gasteiger partial charge in [0.05, 0.1) is 13.2 Å². The molecule has 8 heteroatoms. The number of hydrogen-bond acceptors (Lipinski definition) is 7. The summed E-state index contributed by atoms with van der Waals surface area (Å²) >= 11 is 0. The SMILES string of the molecule is C[C@H](O)c1nccn1Cc1nnc(-c2ccc(C#Cc3ccc(CN4CCOCC4)cc3)cc2)o1. The molecule has 4 aromatic rings. The van der Waals surface area contributed by atoms with Crippen LogP contribution in [0.4, 0.5) is 0 Å². The lowest BCUT2D eigenvalue weighted by Gasteiger charge is -2.26. The molecule has 35 heavy (non-hydrogen) atoms. The summed E-state index contributed by atoms with van der Waals surface area (Å²) in [6.07, 6.45) is 2.74. The van der Waals surface area contributed by atoms with Gasteiger partial charge >= 0.3 is 0 Å². The second-order valence-electron chi connectivity index (χ2n) is 8.50. The highest BCUT2D eigenvalue weighted by atomic mass is 16.5. The molecule has 0 saturated carbocycles. The summed E-state index contributed by atoms with van der Waals surface area (Å²) in [7, 11) is 0. The quantitative estimate of drug-likeness (QED) is 0.434. The smallest absolute Gasteiger partial charge is 0.247 e. The van der Waals surface area contributed by atoms with Crippen LogP contribution < -0.4 is 0 Å². The van der Waals surface area contributed by atoms with Gasteiger partial charge in [-0.15, -0.1) is 10.2 Å². The third-order valence-electron chi connectivity index (χ3n) is 5.84. The maximum absolute atomic E-state index is 9.80. The van der Waals surface area contributed by atoms with Gasteiger partial charge in [0.2, 0.25) is 11.8 Å². The maximum Gasteiger partial charge on any atom is 0.247 e. The van der Waals surface area contributed by atoms with E-state index in [4.69, 9.17) is 9.15 Å². The van der Waals surface area contributed by atoms with Gasteiger partial charge in [0.15, 0.2) is 0 Å². The maximum atomic E-state index is 9.80. The highest BCUT2D eigenvalue weighted by Crippen LogP contribution is 2.20. The number of hydrogen-bond donors (Lipinski definition) is 1. The molecule has 5 rings (SSSR count). The van der Waals surface area contributed by atoms with Gasteiger partial charge in [0.1, 0.15) is 18.5 Å². The Morgan fingerprint density at radius 1 is 0.943 bits per heavy atom. The average molecular weight is 470 g/mol. The van der Waals surface area contributed by atoms with E-state index < -0.39 is 6.10 Å². The van der Waals surface area contributed by atoms with Crippen LogP contribution in [0.2, 0.25) is 0 Å². The molecule has 0 bridgehead atoms. The summed E-state index contributed by atoms with van der Waals surface area (Å²) in [5.41, 5.74) is 4.00. The van der Waals surface area contributed by atoms with E-state index in [1.54, 1.807) is 23.9 Å². The molecule has 1 aliphatic heterocycles. The first kappa shape index (κ1) is 23.0. The second kappa shape index (κ2) is 10.7. The van der Waals surface area contributed by atoms with Crippen LogP contribution in [-0.2, 0) is 17.8 Å². The van der Waals surface area contributed by atoms with E-state index in [1.807, 2.05) is 24.3 Å². The highest BCUT2D eigenvalue weighted by Gasteiger charge is 2.13. The Morgan fingerprint density at radius 3 is 2.31 bits per heavy atom. The second-order valence-corrected chi connectivity index (χ2v) is 8.50. The lowest BCUT2D eigenvalue weighted by molar-refractivity contribution is 0.0342. The van der Waals surface area contributed by atoms with E-state index in [9.17, 15) is 5.11 Å². The normalized spacial score (nSPS) is 14.9. The molecule has 1 aliphatic rings. The van der Waals surface area contributed by atoms with Gasteiger partial charge in [0.25, 0.3) is 0 Å². The van der Waals surface area contributed by atoms with Crippen LogP contribution in [0, 0.1) is 11.8 Å². The van der Waals surface area contributed by atoms with Crippen LogP contribution in [0.25, 0.3) is 11.5 Å². The van der Waals surface area contributed by atoms with Gasteiger partial charge in [-0.05, 0) is 48.9 Å². The van der Waals surface area contributed by atoms with Crippen molar-refractivity contribution >= 4 is 0 Å². The predicted octanol–water partition coefficient (Wildman–Crippen LogP) is 3.27. The number of rotatable bonds is 6. The minimum Gasteiger partial charge on any atom is -0.419 e. The topological polar surface area (TPSA) is 89.4 Å². The molecule has 3 heterocycles. The zero-order chi connectivity index (χ0) is 24.0. The van der Waals surface area contributed by atoms with Crippen molar-refractivity contribution in [3.8, 4) is 23.3 Å². The number of morpholine rings is 1. The Balaban J connectivity index is 1.20. The Kier molecular flexibility index (Phi) is 7.00. The third-order valence-corrected chi connectivity index (χ3v) is 5.84. The number of nitrogens with zero attached hydrogens (tertiary/aromatic N) is 5. The lowest BCUT2D eigenvalue weighted by Crippen LogP contribution is -2.35. The molecule has 178 valence electrons. The molecule has 1 atom stereocenters.